The number of nitrogens with zero attached hydrogens (tertiary/aromatic N) is 4. The molecule has 0 fully saturated rings. The van der Waals surface area contributed by atoms with Gasteiger partial charge in [0.15, 0.2) is 0 Å². The van der Waals surface area contributed by atoms with Gasteiger partial charge in [0.2, 0.25) is 0 Å². The third-order valence-corrected chi connectivity index (χ3v) is 3.99. The van der Waals surface area contributed by atoms with Crippen molar-refractivity contribution in [2.75, 3.05) is 6.54 Å². The molecule has 0 saturated carbocycles. The van der Waals surface area contributed by atoms with E-state index in [4.69, 9.17) is 0 Å². The molecule has 3 aromatic rings. The first-order valence-electron chi connectivity index (χ1n) is 7.65. The fourth-order valence-electron chi connectivity index (χ4n) is 2.51. The van der Waals surface area contributed by atoms with Gasteiger partial charge >= 0.3 is 0 Å². The van der Waals surface area contributed by atoms with Crippen LogP contribution in [0.5, 0.6) is 0 Å². The molecule has 0 aliphatic carbocycles. The Labute approximate surface area is 144 Å². The van der Waals surface area contributed by atoms with Crippen LogP contribution in [0.1, 0.15) is 11.1 Å². The van der Waals surface area contributed by atoms with Crippen LogP contribution in [0.2, 0.25) is 0 Å². The summed E-state index contributed by atoms with van der Waals surface area (Å²) in [5.41, 5.74) is 2.64. The van der Waals surface area contributed by atoms with Crippen LogP contribution in [-0.2, 0) is 19.6 Å². The van der Waals surface area contributed by atoms with Crippen LogP contribution in [0.4, 0.5) is 0 Å². The van der Waals surface area contributed by atoms with E-state index >= 15 is 0 Å². The molecule has 3 rings (SSSR count). The third-order valence-electron chi connectivity index (χ3n) is 3.62. The van der Waals surface area contributed by atoms with Gasteiger partial charge in [0.1, 0.15) is 4.60 Å². The lowest BCUT2D eigenvalue weighted by atomic mass is 10.1. The first kappa shape index (κ1) is 15.9. The average Bonchev–Trinajstić information content (AvgIpc) is 3.00. The average molecular weight is 371 g/mol. The number of aromatic nitrogens is 3. The van der Waals surface area contributed by atoms with Crippen molar-refractivity contribution in [2.24, 2.45) is 0 Å². The summed E-state index contributed by atoms with van der Waals surface area (Å²) < 4.78 is 0.773. The second-order valence-electron chi connectivity index (χ2n) is 5.45. The molecule has 0 aliphatic rings. The molecule has 0 aliphatic heterocycles. The molecule has 5 heteroatoms. The Hall–Kier alpha value is -1.98. The van der Waals surface area contributed by atoms with E-state index in [0.29, 0.717) is 0 Å². The minimum Gasteiger partial charge on any atom is -0.293 e. The SMILES string of the molecule is Brc1cnn(CCN(Cc2ccccc2)Cc2ccccc2)n1. The number of benzene rings is 2. The van der Waals surface area contributed by atoms with Crippen molar-refractivity contribution < 1.29 is 0 Å². The van der Waals surface area contributed by atoms with Gasteiger partial charge in [0, 0.05) is 19.6 Å². The van der Waals surface area contributed by atoms with Crippen molar-refractivity contribution in [2.45, 2.75) is 19.6 Å². The summed E-state index contributed by atoms with van der Waals surface area (Å²) in [6, 6.07) is 21.1. The van der Waals surface area contributed by atoms with Crippen LogP contribution < -0.4 is 0 Å². The molecule has 118 valence electrons. The highest BCUT2D eigenvalue weighted by molar-refractivity contribution is 9.10. The van der Waals surface area contributed by atoms with E-state index in [1.54, 1.807) is 11.0 Å². The maximum atomic E-state index is 4.29. The second-order valence-corrected chi connectivity index (χ2v) is 6.26. The summed E-state index contributed by atoms with van der Waals surface area (Å²) in [6.45, 7) is 3.49. The van der Waals surface area contributed by atoms with Gasteiger partial charge in [0.05, 0.1) is 12.7 Å². The van der Waals surface area contributed by atoms with Crippen molar-refractivity contribution in [1.29, 1.82) is 0 Å². The van der Waals surface area contributed by atoms with E-state index in [1.807, 2.05) is 0 Å². The zero-order valence-corrected chi connectivity index (χ0v) is 14.4. The number of hydrogen-bond acceptors (Lipinski definition) is 3. The molecule has 0 atom stereocenters. The molecular formula is C18H19BrN4. The van der Waals surface area contributed by atoms with Gasteiger partial charge in [-0.25, -0.2) is 0 Å². The summed E-state index contributed by atoms with van der Waals surface area (Å²) >= 11 is 3.34. The van der Waals surface area contributed by atoms with Gasteiger partial charge in [-0.2, -0.15) is 9.90 Å². The molecule has 4 nitrogen and oxygen atoms in total. The van der Waals surface area contributed by atoms with Crippen LogP contribution >= 0.6 is 15.9 Å². The quantitative estimate of drug-likeness (QED) is 0.635. The Morgan fingerprint density at radius 2 is 1.43 bits per heavy atom. The highest BCUT2D eigenvalue weighted by Gasteiger charge is 2.08. The molecule has 0 N–H and O–H groups in total. The number of rotatable bonds is 7. The fraction of sp³-hybridized carbons (Fsp3) is 0.222. The molecule has 0 bridgehead atoms. The third kappa shape index (κ3) is 5.01. The normalized spacial score (nSPS) is 11.0. The summed E-state index contributed by atoms with van der Waals surface area (Å²) in [5.74, 6) is 0. The van der Waals surface area contributed by atoms with Crippen molar-refractivity contribution in [3.63, 3.8) is 0 Å². The molecule has 23 heavy (non-hydrogen) atoms. The minimum absolute atomic E-state index is 0.769. The maximum absolute atomic E-state index is 4.29. The molecule has 0 unspecified atom stereocenters. The van der Waals surface area contributed by atoms with Gasteiger partial charge in [-0.15, -0.1) is 5.10 Å². The van der Waals surface area contributed by atoms with E-state index in [0.717, 1.165) is 30.8 Å². The standard InChI is InChI=1S/C18H19BrN4/c19-18-13-20-23(21-18)12-11-22(14-16-7-3-1-4-8-16)15-17-9-5-2-6-10-17/h1-10,13H,11-12,14-15H2. The van der Waals surface area contributed by atoms with E-state index in [9.17, 15) is 0 Å². The Morgan fingerprint density at radius 1 is 0.870 bits per heavy atom. The highest BCUT2D eigenvalue weighted by atomic mass is 79.9. The van der Waals surface area contributed by atoms with Crippen LogP contribution in [0.25, 0.3) is 0 Å². The number of halogens is 1. The number of hydrogen-bond donors (Lipinski definition) is 0. The van der Waals surface area contributed by atoms with Crippen LogP contribution in [-0.4, -0.2) is 26.4 Å². The van der Waals surface area contributed by atoms with Crippen LogP contribution in [0.15, 0.2) is 71.5 Å². The summed E-state index contributed by atoms with van der Waals surface area (Å²) in [7, 11) is 0. The van der Waals surface area contributed by atoms with E-state index in [2.05, 4.69) is 91.7 Å². The second kappa shape index (κ2) is 8.04. The first-order chi connectivity index (χ1) is 11.3. The summed E-state index contributed by atoms with van der Waals surface area (Å²) in [6.07, 6.45) is 1.72. The molecule has 0 radical (unpaired) electrons. The van der Waals surface area contributed by atoms with Crippen molar-refractivity contribution in [1.82, 2.24) is 19.9 Å². The predicted molar refractivity (Wildman–Crippen MR) is 94.7 cm³/mol. The van der Waals surface area contributed by atoms with Gasteiger partial charge in [-0.05, 0) is 27.1 Å². The zero-order valence-electron chi connectivity index (χ0n) is 12.8. The van der Waals surface area contributed by atoms with Gasteiger partial charge in [-0.3, -0.25) is 4.90 Å². The first-order valence-corrected chi connectivity index (χ1v) is 8.45. The lowest BCUT2D eigenvalue weighted by Crippen LogP contribution is -2.27. The smallest absolute Gasteiger partial charge is 0.148 e. The van der Waals surface area contributed by atoms with E-state index in [-0.39, 0.29) is 0 Å². The van der Waals surface area contributed by atoms with Gasteiger partial charge < -0.3 is 0 Å². The van der Waals surface area contributed by atoms with Crippen molar-refractivity contribution in [3.8, 4) is 0 Å². The molecular weight excluding hydrogens is 352 g/mol. The summed E-state index contributed by atoms with van der Waals surface area (Å²) in [4.78, 5) is 4.15. The largest absolute Gasteiger partial charge is 0.293 e. The van der Waals surface area contributed by atoms with Crippen LogP contribution in [0.3, 0.4) is 0 Å². The molecule has 2 aromatic carbocycles. The molecule has 1 aromatic heterocycles. The van der Waals surface area contributed by atoms with Crippen molar-refractivity contribution in [3.05, 3.63) is 82.6 Å². The summed E-state index contributed by atoms with van der Waals surface area (Å²) in [5, 5.41) is 8.53. The predicted octanol–water partition coefficient (Wildman–Crippen LogP) is 3.74. The van der Waals surface area contributed by atoms with E-state index < -0.39 is 0 Å². The monoisotopic (exact) mass is 370 g/mol. The van der Waals surface area contributed by atoms with Crippen LogP contribution in [0, 0.1) is 0 Å². The maximum Gasteiger partial charge on any atom is 0.148 e. The van der Waals surface area contributed by atoms with Gasteiger partial charge in [-0.1, -0.05) is 60.7 Å². The topological polar surface area (TPSA) is 34.0 Å². The lowest BCUT2D eigenvalue weighted by Gasteiger charge is -2.22. The lowest BCUT2D eigenvalue weighted by molar-refractivity contribution is 0.236. The Kier molecular flexibility index (Phi) is 5.56. The molecule has 0 amide bonds. The van der Waals surface area contributed by atoms with Gasteiger partial charge in [0.25, 0.3) is 0 Å². The molecule has 0 spiro atoms. The van der Waals surface area contributed by atoms with Crippen molar-refractivity contribution >= 4 is 15.9 Å². The Morgan fingerprint density at radius 3 is 1.91 bits per heavy atom. The van der Waals surface area contributed by atoms with E-state index in [1.165, 1.54) is 11.1 Å². The Bertz CT molecular complexity index is 671. The fourth-order valence-corrected chi connectivity index (χ4v) is 2.79. The molecule has 0 saturated heterocycles. The molecule has 1 heterocycles. The zero-order chi connectivity index (χ0) is 15.9. The highest BCUT2D eigenvalue weighted by Crippen LogP contribution is 2.10. The Balaban J connectivity index is 1.67. The minimum atomic E-state index is 0.769.